The zero-order chi connectivity index (χ0) is 41.2. The van der Waals surface area contributed by atoms with Crippen LogP contribution in [0.3, 0.4) is 0 Å². The molecule has 0 aromatic rings. The van der Waals surface area contributed by atoms with Gasteiger partial charge in [-0.25, -0.2) is 0 Å². The van der Waals surface area contributed by atoms with Gasteiger partial charge in [0.1, 0.15) is 13.2 Å². The van der Waals surface area contributed by atoms with E-state index in [0.29, 0.717) is 19.3 Å². The Hall–Kier alpha value is -1.59. The number of esters is 3. The van der Waals surface area contributed by atoms with E-state index in [1.54, 1.807) is 0 Å². The van der Waals surface area contributed by atoms with Gasteiger partial charge in [-0.05, 0) is 31.1 Å². The van der Waals surface area contributed by atoms with E-state index >= 15 is 0 Å². The number of rotatable bonds is 44. The van der Waals surface area contributed by atoms with Crippen LogP contribution in [0.5, 0.6) is 0 Å². The van der Waals surface area contributed by atoms with E-state index in [0.717, 1.165) is 69.6 Å². The van der Waals surface area contributed by atoms with Crippen molar-refractivity contribution >= 4 is 17.9 Å². The van der Waals surface area contributed by atoms with Crippen LogP contribution >= 0.6 is 0 Å². The first-order valence-corrected chi connectivity index (χ1v) is 24.8. The Morgan fingerprint density at radius 1 is 0.375 bits per heavy atom. The summed E-state index contributed by atoms with van der Waals surface area (Å²) in [6.45, 7) is 11.4. The average Bonchev–Trinajstić information content (AvgIpc) is 3.18. The van der Waals surface area contributed by atoms with Crippen molar-refractivity contribution in [1.29, 1.82) is 0 Å². The lowest BCUT2D eigenvalue weighted by molar-refractivity contribution is -0.167. The molecule has 0 aromatic heterocycles. The molecule has 0 aliphatic carbocycles. The van der Waals surface area contributed by atoms with Crippen molar-refractivity contribution < 1.29 is 28.6 Å². The fraction of sp³-hybridized carbons (Fsp3) is 0.940. The molecule has 0 spiro atoms. The van der Waals surface area contributed by atoms with Crippen molar-refractivity contribution in [1.82, 2.24) is 0 Å². The molecular weight excluding hydrogens is 697 g/mol. The molecule has 6 heteroatoms. The summed E-state index contributed by atoms with van der Waals surface area (Å²) in [6.07, 6.45) is 42.2. The monoisotopic (exact) mass is 793 g/mol. The molecule has 0 amide bonds. The molecule has 0 saturated carbocycles. The van der Waals surface area contributed by atoms with E-state index in [2.05, 4.69) is 34.6 Å². The Balaban J connectivity index is 4.30. The SMILES string of the molecule is CCCCCCCCCCCCC(=O)O[C@@H](COC(=O)CCCCCCCCCCCCCC(C)C)COC(=O)CCCCCCCCCCCCC(C)CC. The largest absolute Gasteiger partial charge is 0.462 e. The van der Waals surface area contributed by atoms with Gasteiger partial charge in [0.15, 0.2) is 6.10 Å². The zero-order valence-electron chi connectivity index (χ0n) is 38.3. The van der Waals surface area contributed by atoms with E-state index in [9.17, 15) is 14.4 Å². The van der Waals surface area contributed by atoms with Gasteiger partial charge in [0.05, 0.1) is 0 Å². The van der Waals surface area contributed by atoms with Gasteiger partial charge in [-0.15, -0.1) is 0 Å². The number of hydrogen-bond acceptors (Lipinski definition) is 6. The standard InChI is InChI=1S/C50H96O6/c1-6-8-9-10-11-12-20-27-32-37-42-50(53)56-47(43-54-48(51)40-35-30-25-21-15-13-14-18-23-28-33-38-45(3)4)44-55-49(52)41-36-31-26-22-17-16-19-24-29-34-39-46(5)7-2/h45-47H,6-44H2,1-5H3/t46?,47-/m0/s1. The highest BCUT2D eigenvalue weighted by molar-refractivity contribution is 5.71. The number of ether oxygens (including phenoxy) is 3. The second-order valence-corrected chi connectivity index (χ2v) is 17.8. The predicted octanol–water partition coefficient (Wildman–Crippen LogP) is 15.8. The third kappa shape index (κ3) is 42.0. The van der Waals surface area contributed by atoms with Crippen molar-refractivity contribution in [3.63, 3.8) is 0 Å². The molecule has 0 heterocycles. The minimum atomic E-state index is -0.760. The Labute approximate surface area is 348 Å². The van der Waals surface area contributed by atoms with Crippen LogP contribution in [0.15, 0.2) is 0 Å². The van der Waals surface area contributed by atoms with Gasteiger partial charge in [-0.3, -0.25) is 14.4 Å². The predicted molar refractivity (Wildman–Crippen MR) is 238 cm³/mol. The van der Waals surface area contributed by atoms with Crippen molar-refractivity contribution in [3.05, 3.63) is 0 Å². The highest BCUT2D eigenvalue weighted by Crippen LogP contribution is 2.17. The second-order valence-electron chi connectivity index (χ2n) is 17.8. The minimum absolute atomic E-state index is 0.0643. The van der Waals surface area contributed by atoms with Crippen LogP contribution in [0, 0.1) is 11.8 Å². The van der Waals surface area contributed by atoms with Gasteiger partial charge in [-0.2, -0.15) is 0 Å². The molecule has 0 aromatic carbocycles. The highest BCUT2D eigenvalue weighted by atomic mass is 16.6. The lowest BCUT2D eigenvalue weighted by Gasteiger charge is -2.18. The van der Waals surface area contributed by atoms with E-state index in [1.165, 1.54) is 161 Å². The summed E-state index contributed by atoms with van der Waals surface area (Å²) >= 11 is 0. The number of hydrogen-bond donors (Lipinski definition) is 0. The van der Waals surface area contributed by atoms with Gasteiger partial charge < -0.3 is 14.2 Å². The van der Waals surface area contributed by atoms with Crippen LogP contribution in [0.25, 0.3) is 0 Å². The molecule has 0 radical (unpaired) electrons. The average molecular weight is 793 g/mol. The van der Waals surface area contributed by atoms with Gasteiger partial charge in [0.2, 0.25) is 0 Å². The van der Waals surface area contributed by atoms with Crippen LogP contribution in [0.1, 0.15) is 272 Å². The molecule has 0 fully saturated rings. The molecule has 2 atom stereocenters. The number of unbranched alkanes of at least 4 members (excludes halogenated alkanes) is 28. The number of carbonyl (C=O) groups excluding carboxylic acids is 3. The van der Waals surface area contributed by atoms with E-state index < -0.39 is 6.10 Å². The summed E-state index contributed by atoms with van der Waals surface area (Å²) in [7, 11) is 0. The smallest absolute Gasteiger partial charge is 0.306 e. The fourth-order valence-corrected chi connectivity index (χ4v) is 7.43. The van der Waals surface area contributed by atoms with Gasteiger partial charge in [0.25, 0.3) is 0 Å². The van der Waals surface area contributed by atoms with Crippen molar-refractivity contribution in [2.45, 2.75) is 278 Å². The quantitative estimate of drug-likeness (QED) is 0.0347. The molecule has 0 aliphatic rings. The summed E-state index contributed by atoms with van der Waals surface area (Å²) in [5, 5.41) is 0. The zero-order valence-corrected chi connectivity index (χ0v) is 38.3. The van der Waals surface area contributed by atoms with E-state index in [-0.39, 0.29) is 31.1 Å². The summed E-state index contributed by atoms with van der Waals surface area (Å²) in [5.41, 5.74) is 0. The Morgan fingerprint density at radius 2 is 0.679 bits per heavy atom. The van der Waals surface area contributed by atoms with Gasteiger partial charge in [0, 0.05) is 19.3 Å². The van der Waals surface area contributed by atoms with Gasteiger partial charge in [-0.1, -0.05) is 234 Å². The second kappa shape index (κ2) is 43.0. The van der Waals surface area contributed by atoms with Crippen molar-refractivity contribution in [2.75, 3.05) is 13.2 Å². The first-order chi connectivity index (χ1) is 27.3. The molecule has 0 aliphatic heterocycles. The van der Waals surface area contributed by atoms with Crippen LogP contribution in [-0.4, -0.2) is 37.2 Å². The Morgan fingerprint density at radius 3 is 1.02 bits per heavy atom. The first-order valence-electron chi connectivity index (χ1n) is 24.8. The molecule has 6 nitrogen and oxygen atoms in total. The summed E-state index contributed by atoms with van der Waals surface area (Å²) in [5.74, 6) is 0.844. The lowest BCUT2D eigenvalue weighted by Crippen LogP contribution is -2.30. The van der Waals surface area contributed by atoms with E-state index in [4.69, 9.17) is 14.2 Å². The molecule has 0 rings (SSSR count). The normalized spacial score (nSPS) is 12.5. The first kappa shape index (κ1) is 54.4. The minimum Gasteiger partial charge on any atom is -0.462 e. The third-order valence-corrected chi connectivity index (χ3v) is 11.6. The third-order valence-electron chi connectivity index (χ3n) is 11.6. The molecule has 1 unspecified atom stereocenters. The number of carbonyl (C=O) groups is 3. The molecule has 0 N–H and O–H groups in total. The van der Waals surface area contributed by atoms with Crippen molar-refractivity contribution in [3.8, 4) is 0 Å². The Kier molecular flexibility index (Phi) is 41.8. The lowest BCUT2D eigenvalue weighted by atomic mass is 9.99. The molecule has 56 heavy (non-hydrogen) atoms. The van der Waals surface area contributed by atoms with Crippen LogP contribution < -0.4 is 0 Å². The fourth-order valence-electron chi connectivity index (χ4n) is 7.43. The molecule has 0 saturated heterocycles. The Bertz CT molecular complexity index is 856. The maximum absolute atomic E-state index is 12.7. The van der Waals surface area contributed by atoms with Gasteiger partial charge >= 0.3 is 17.9 Å². The van der Waals surface area contributed by atoms with Crippen LogP contribution in [-0.2, 0) is 28.6 Å². The highest BCUT2D eigenvalue weighted by Gasteiger charge is 2.19. The summed E-state index contributed by atoms with van der Waals surface area (Å²) < 4.78 is 16.8. The summed E-state index contributed by atoms with van der Waals surface area (Å²) in [6, 6.07) is 0. The molecule has 332 valence electrons. The topological polar surface area (TPSA) is 78.9 Å². The van der Waals surface area contributed by atoms with Crippen LogP contribution in [0.4, 0.5) is 0 Å². The maximum atomic E-state index is 12.7. The summed E-state index contributed by atoms with van der Waals surface area (Å²) in [4.78, 5) is 37.8. The molecular formula is C50H96O6. The maximum Gasteiger partial charge on any atom is 0.306 e. The van der Waals surface area contributed by atoms with Crippen LogP contribution in [0.2, 0.25) is 0 Å². The van der Waals surface area contributed by atoms with E-state index in [1.807, 2.05) is 0 Å². The van der Waals surface area contributed by atoms with Crippen molar-refractivity contribution in [2.24, 2.45) is 11.8 Å². The molecule has 0 bridgehead atoms.